The Morgan fingerprint density at radius 2 is 1.77 bits per heavy atom. The van der Waals surface area contributed by atoms with Crippen molar-refractivity contribution < 1.29 is 33.8 Å². The third kappa shape index (κ3) is 6.44. The molecule has 168 valence electrons. The monoisotopic (exact) mass is 431 g/mol. The average Bonchev–Trinajstić information content (AvgIpc) is 3.48. The molecule has 0 aromatic carbocycles. The van der Waals surface area contributed by atoms with Crippen molar-refractivity contribution in [3.8, 4) is 0 Å². The molecular weight excluding hydrogens is 402 g/mol. The zero-order chi connectivity index (χ0) is 23.8. The summed E-state index contributed by atoms with van der Waals surface area (Å²) < 4.78 is 9.81. The Morgan fingerprint density at radius 1 is 1.13 bits per heavy atom. The van der Waals surface area contributed by atoms with E-state index in [-0.39, 0.29) is 12.0 Å². The molecule has 1 amide bonds. The maximum atomic E-state index is 12.7. The molecule has 0 saturated carbocycles. The maximum absolute atomic E-state index is 12.7. The number of hydrogen-bond acceptors (Lipinski definition) is 7. The van der Waals surface area contributed by atoms with Crippen molar-refractivity contribution in [1.29, 1.82) is 0 Å². The van der Waals surface area contributed by atoms with Crippen LogP contribution in [0.4, 0.5) is 0 Å². The lowest BCUT2D eigenvalue weighted by Crippen LogP contribution is -2.43. The van der Waals surface area contributed by atoms with Gasteiger partial charge in [-0.3, -0.25) is 14.4 Å². The number of carbonyl (C=O) groups is 4. The van der Waals surface area contributed by atoms with Crippen LogP contribution in [0.5, 0.6) is 0 Å². The molecule has 1 aliphatic rings. The fourth-order valence-electron chi connectivity index (χ4n) is 2.94. The predicted octanol–water partition coefficient (Wildman–Crippen LogP) is 1.64. The molecule has 0 spiro atoms. The lowest BCUT2D eigenvalue weighted by Gasteiger charge is -2.07. The SMILES string of the molecule is C\C=C(/C=C(C)/C=C(C)/C=C/C=C(\C)C(=O)[C@@]1(C(N)=O)O[C@H]1C(=O)CCO)C(=O)OC. The third-order valence-electron chi connectivity index (χ3n) is 4.60. The number of primary amides is 1. The van der Waals surface area contributed by atoms with E-state index in [9.17, 15) is 19.2 Å². The van der Waals surface area contributed by atoms with Crippen LogP contribution >= 0.6 is 0 Å². The fraction of sp³-hybridized carbons (Fsp3) is 0.391. The number of rotatable bonds is 11. The lowest BCUT2D eigenvalue weighted by molar-refractivity contribution is -0.136. The molecule has 0 bridgehead atoms. The van der Waals surface area contributed by atoms with Gasteiger partial charge in [-0.25, -0.2) is 4.79 Å². The van der Waals surface area contributed by atoms with Gasteiger partial charge in [-0.2, -0.15) is 0 Å². The molecule has 1 aliphatic heterocycles. The van der Waals surface area contributed by atoms with Crippen molar-refractivity contribution in [1.82, 2.24) is 0 Å². The van der Waals surface area contributed by atoms with E-state index in [2.05, 4.69) is 0 Å². The molecule has 8 heteroatoms. The Hall–Kier alpha value is -3.10. The maximum Gasteiger partial charge on any atom is 0.337 e. The first-order valence-corrected chi connectivity index (χ1v) is 9.67. The van der Waals surface area contributed by atoms with Crippen molar-refractivity contribution >= 4 is 23.4 Å². The summed E-state index contributed by atoms with van der Waals surface area (Å²) in [4.78, 5) is 48.0. The number of amides is 1. The summed E-state index contributed by atoms with van der Waals surface area (Å²) in [5.74, 6) is -2.70. The van der Waals surface area contributed by atoms with Gasteiger partial charge < -0.3 is 20.3 Å². The Bertz CT molecular complexity index is 905. The van der Waals surface area contributed by atoms with Crippen LogP contribution in [0.15, 0.2) is 58.7 Å². The quantitative estimate of drug-likeness (QED) is 0.167. The zero-order valence-corrected chi connectivity index (χ0v) is 18.4. The van der Waals surface area contributed by atoms with Crippen LogP contribution in [0.25, 0.3) is 0 Å². The molecule has 0 aromatic heterocycles. The number of nitrogens with two attached hydrogens (primary N) is 1. The molecule has 8 nitrogen and oxygen atoms in total. The number of carbonyl (C=O) groups excluding carboxylic acids is 4. The number of aliphatic hydroxyl groups excluding tert-OH is 1. The van der Waals surface area contributed by atoms with Crippen LogP contribution < -0.4 is 5.73 Å². The van der Waals surface area contributed by atoms with Gasteiger partial charge in [-0.1, -0.05) is 41.5 Å². The second-order valence-electron chi connectivity index (χ2n) is 7.09. The van der Waals surface area contributed by atoms with E-state index < -0.39 is 41.8 Å². The van der Waals surface area contributed by atoms with E-state index >= 15 is 0 Å². The van der Waals surface area contributed by atoms with Gasteiger partial charge in [0.15, 0.2) is 11.9 Å². The van der Waals surface area contributed by atoms with Crippen LogP contribution in [-0.4, -0.2) is 54.0 Å². The van der Waals surface area contributed by atoms with Gasteiger partial charge in [0, 0.05) is 6.42 Å². The minimum atomic E-state index is -2.00. The number of epoxide rings is 1. The van der Waals surface area contributed by atoms with Crippen molar-refractivity contribution in [3.05, 3.63) is 58.7 Å². The molecule has 1 fully saturated rings. The highest BCUT2D eigenvalue weighted by atomic mass is 16.6. The van der Waals surface area contributed by atoms with Crippen LogP contribution in [-0.2, 0) is 28.7 Å². The topological polar surface area (TPSA) is 136 Å². The van der Waals surface area contributed by atoms with Crippen LogP contribution in [0, 0.1) is 0 Å². The summed E-state index contributed by atoms with van der Waals surface area (Å²) in [5, 5.41) is 8.87. The van der Waals surface area contributed by atoms with Crippen LogP contribution in [0.1, 0.15) is 34.1 Å². The molecule has 0 aliphatic carbocycles. The van der Waals surface area contributed by atoms with E-state index in [0.29, 0.717) is 5.57 Å². The van der Waals surface area contributed by atoms with Gasteiger partial charge in [0.2, 0.25) is 11.4 Å². The lowest BCUT2D eigenvalue weighted by atomic mass is 9.91. The molecular formula is C23H29NO7. The number of allylic oxidation sites excluding steroid dienone is 7. The Morgan fingerprint density at radius 3 is 2.29 bits per heavy atom. The standard InChI is InChI=1S/C23H29NO7/c1-6-17(21(28)30-5)13-15(3)12-14(2)8-7-9-16(4)19(27)23(22(24)29)20(31-23)18(26)10-11-25/h6-9,12-13,20,25H,10-11H2,1-5H3,(H2,24,29)/b8-7+,14-12+,15-13+,16-9+,17-6+/t20-,23+/m0/s1. The van der Waals surface area contributed by atoms with Gasteiger partial charge in [0.1, 0.15) is 0 Å². The van der Waals surface area contributed by atoms with Crippen LogP contribution in [0.3, 0.4) is 0 Å². The summed E-state index contributed by atoms with van der Waals surface area (Å²) in [5.41, 5.74) is 5.60. The second-order valence-corrected chi connectivity index (χ2v) is 7.09. The summed E-state index contributed by atoms with van der Waals surface area (Å²) in [6.07, 6.45) is 8.54. The summed E-state index contributed by atoms with van der Waals surface area (Å²) in [6.45, 7) is 6.49. The molecule has 3 N–H and O–H groups in total. The molecule has 31 heavy (non-hydrogen) atoms. The van der Waals surface area contributed by atoms with E-state index in [1.807, 2.05) is 19.9 Å². The number of ether oxygens (including phenoxy) is 2. The summed E-state index contributed by atoms with van der Waals surface area (Å²) in [6, 6.07) is 0. The van der Waals surface area contributed by atoms with Gasteiger partial charge >= 0.3 is 5.97 Å². The molecule has 1 saturated heterocycles. The van der Waals surface area contributed by atoms with Gasteiger partial charge in [0.05, 0.1) is 19.3 Å². The number of methoxy groups -OCH3 is 1. The number of hydrogen-bond donors (Lipinski definition) is 2. The first-order valence-electron chi connectivity index (χ1n) is 9.67. The second kappa shape index (κ2) is 11.3. The molecule has 1 rings (SSSR count). The number of ketones is 2. The van der Waals surface area contributed by atoms with E-state index in [0.717, 1.165) is 11.1 Å². The largest absolute Gasteiger partial charge is 0.465 e. The van der Waals surface area contributed by atoms with Crippen molar-refractivity contribution in [2.75, 3.05) is 13.7 Å². The normalized spacial score (nSPS) is 22.5. The fourth-order valence-corrected chi connectivity index (χ4v) is 2.94. The smallest absolute Gasteiger partial charge is 0.337 e. The Labute approximate surface area is 181 Å². The Balaban J connectivity index is 2.94. The Kier molecular flexibility index (Phi) is 9.48. The van der Waals surface area contributed by atoms with E-state index in [1.54, 1.807) is 31.2 Å². The highest BCUT2D eigenvalue weighted by Gasteiger charge is 2.70. The first-order chi connectivity index (χ1) is 14.5. The molecule has 0 aromatic rings. The molecule has 1 heterocycles. The number of aliphatic hydroxyl groups is 1. The van der Waals surface area contributed by atoms with Crippen molar-refractivity contribution in [2.45, 2.75) is 45.8 Å². The predicted molar refractivity (Wildman–Crippen MR) is 115 cm³/mol. The minimum Gasteiger partial charge on any atom is -0.465 e. The molecule has 0 radical (unpaired) electrons. The van der Waals surface area contributed by atoms with Crippen molar-refractivity contribution in [2.24, 2.45) is 5.73 Å². The third-order valence-corrected chi connectivity index (χ3v) is 4.60. The van der Waals surface area contributed by atoms with Gasteiger partial charge in [-0.05, 0) is 39.3 Å². The molecule has 2 atom stereocenters. The highest BCUT2D eigenvalue weighted by molar-refractivity contribution is 6.22. The number of Topliss-reactive ketones (excluding diaryl/α,β-unsaturated/α-hetero) is 2. The van der Waals surface area contributed by atoms with Crippen LogP contribution in [0.2, 0.25) is 0 Å². The van der Waals surface area contributed by atoms with E-state index in [1.165, 1.54) is 20.1 Å². The minimum absolute atomic E-state index is 0.191. The average molecular weight is 431 g/mol. The molecule has 0 unspecified atom stereocenters. The first kappa shape index (κ1) is 25.9. The number of esters is 1. The van der Waals surface area contributed by atoms with Gasteiger partial charge in [-0.15, -0.1) is 0 Å². The highest BCUT2D eigenvalue weighted by Crippen LogP contribution is 2.40. The van der Waals surface area contributed by atoms with E-state index in [4.69, 9.17) is 20.3 Å². The summed E-state index contributed by atoms with van der Waals surface area (Å²) in [7, 11) is 1.31. The van der Waals surface area contributed by atoms with Crippen molar-refractivity contribution in [3.63, 3.8) is 0 Å². The zero-order valence-electron chi connectivity index (χ0n) is 18.4. The summed E-state index contributed by atoms with van der Waals surface area (Å²) >= 11 is 0. The van der Waals surface area contributed by atoms with Gasteiger partial charge in [0.25, 0.3) is 5.91 Å².